The normalized spacial score (nSPS) is 9.95. The minimum absolute atomic E-state index is 0.196. The van der Waals surface area contributed by atoms with Crippen molar-refractivity contribution in [2.75, 3.05) is 11.9 Å². The van der Waals surface area contributed by atoms with E-state index in [4.69, 9.17) is 10.5 Å². The Kier molecular flexibility index (Phi) is 4.56. The van der Waals surface area contributed by atoms with Crippen molar-refractivity contribution in [3.63, 3.8) is 0 Å². The first kappa shape index (κ1) is 14.6. The van der Waals surface area contributed by atoms with Gasteiger partial charge in [0.15, 0.2) is 6.61 Å². The smallest absolute Gasteiger partial charge is 0.262 e. The zero-order valence-electron chi connectivity index (χ0n) is 11.6. The van der Waals surface area contributed by atoms with E-state index in [1.54, 1.807) is 24.3 Å². The van der Waals surface area contributed by atoms with Gasteiger partial charge in [-0.1, -0.05) is 30.3 Å². The molecule has 2 aromatic rings. The van der Waals surface area contributed by atoms with Crippen LogP contribution in [0.15, 0.2) is 48.5 Å². The van der Waals surface area contributed by atoms with Crippen molar-refractivity contribution in [1.82, 2.24) is 0 Å². The monoisotopic (exact) mass is 284 g/mol. The number of hydrogen-bond donors (Lipinski definition) is 2. The van der Waals surface area contributed by atoms with Gasteiger partial charge in [-0.2, -0.15) is 0 Å². The van der Waals surface area contributed by atoms with Crippen molar-refractivity contribution in [2.24, 2.45) is 5.73 Å². The standard InChI is InChI=1S/C16H16N2O3/c1-11-6-2-4-8-13(11)18-15(19)10-21-14-9-5-3-7-12(14)16(17)20/h2-9H,10H2,1H3,(H2,17,20)(H,18,19). The number of aryl methyl sites for hydroxylation is 1. The largest absolute Gasteiger partial charge is 0.483 e. The van der Waals surface area contributed by atoms with Crippen molar-refractivity contribution in [2.45, 2.75) is 6.92 Å². The molecule has 2 amide bonds. The summed E-state index contributed by atoms with van der Waals surface area (Å²) in [6.07, 6.45) is 0. The van der Waals surface area contributed by atoms with Gasteiger partial charge in [0.05, 0.1) is 5.56 Å². The maximum absolute atomic E-state index is 11.9. The molecule has 5 heteroatoms. The summed E-state index contributed by atoms with van der Waals surface area (Å²) >= 11 is 0. The lowest BCUT2D eigenvalue weighted by atomic mass is 10.2. The van der Waals surface area contributed by atoms with Gasteiger partial charge in [0, 0.05) is 5.69 Å². The molecule has 0 unspecified atom stereocenters. The number of ether oxygens (including phenoxy) is 1. The number of hydrogen-bond acceptors (Lipinski definition) is 3. The van der Waals surface area contributed by atoms with Crippen LogP contribution in [0.25, 0.3) is 0 Å². The van der Waals surface area contributed by atoms with Crippen LogP contribution in [0.1, 0.15) is 15.9 Å². The molecule has 0 fully saturated rings. The van der Waals surface area contributed by atoms with Crippen LogP contribution in [0.2, 0.25) is 0 Å². The predicted molar refractivity (Wildman–Crippen MR) is 80.3 cm³/mol. The van der Waals surface area contributed by atoms with Crippen LogP contribution in [0.3, 0.4) is 0 Å². The maximum Gasteiger partial charge on any atom is 0.262 e. The molecule has 0 aromatic heterocycles. The van der Waals surface area contributed by atoms with E-state index in [1.165, 1.54) is 0 Å². The number of nitrogens with one attached hydrogen (secondary N) is 1. The quantitative estimate of drug-likeness (QED) is 0.882. The van der Waals surface area contributed by atoms with E-state index >= 15 is 0 Å². The molecular weight excluding hydrogens is 268 g/mol. The molecule has 0 saturated heterocycles. The van der Waals surface area contributed by atoms with Crippen molar-refractivity contribution >= 4 is 17.5 Å². The SMILES string of the molecule is Cc1ccccc1NC(=O)COc1ccccc1C(N)=O. The fraction of sp³-hybridized carbons (Fsp3) is 0.125. The van der Waals surface area contributed by atoms with E-state index in [1.807, 2.05) is 31.2 Å². The van der Waals surface area contributed by atoms with E-state index < -0.39 is 5.91 Å². The molecule has 0 aliphatic heterocycles. The Bertz CT molecular complexity index is 668. The third-order valence-electron chi connectivity index (χ3n) is 2.93. The average Bonchev–Trinajstić information content (AvgIpc) is 2.48. The maximum atomic E-state index is 11.9. The van der Waals surface area contributed by atoms with Gasteiger partial charge >= 0.3 is 0 Å². The van der Waals surface area contributed by atoms with Crippen molar-refractivity contribution in [1.29, 1.82) is 0 Å². The third-order valence-corrected chi connectivity index (χ3v) is 2.93. The fourth-order valence-electron chi connectivity index (χ4n) is 1.84. The molecule has 0 saturated carbocycles. The Morgan fingerprint density at radius 2 is 1.76 bits per heavy atom. The molecule has 2 aromatic carbocycles. The van der Waals surface area contributed by atoms with Gasteiger partial charge in [-0.15, -0.1) is 0 Å². The highest BCUT2D eigenvalue weighted by Gasteiger charge is 2.10. The number of carbonyl (C=O) groups excluding carboxylic acids is 2. The zero-order chi connectivity index (χ0) is 15.2. The zero-order valence-corrected chi connectivity index (χ0v) is 11.6. The molecule has 0 bridgehead atoms. The second-order valence-electron chi connectivity index (χ2n) is 4.51. The van der Waals surface area contributed by atoms with Gasteiger partial charge in [-0.3, -0.25) is 9.59 Å². The Balaban J connectivity index is 1.99. The van der Waals surface area contributed by atoms with Gasteiger partial charge in [-0.05, 0) is 30.7 Å². The third kappa shape index (κ3) is 3.82. The van der Waals surface area contributed by atoms with E-state index in [0.29, 0.717) is 5.75 Å². The molecule has 21 heavy (non-hydrogen) atoms. The number of benzene rings is 2. The van der Waals surface area contributed by atoms with Crippen LogP contribution >= 0.6 is 0 Å². The number of rotatable bonds is 5. The fourth-order valence-corrected chi connectivity index (χ4v) is 1.84. The van der Waals surface area contributed by atoms with E-state index in [2.05, 4.69) is 5.32 Å². The van der Waals surface area contributed by atoms with E-state index in [-0.39, 0.29) is 18.1 Å². The highest BCUT2D eigenvalue weighted by atomic mass is 16.5. The Morgan fingerprint density at radius 1 is 1.10 bits per heavy atom. The molecule has 3 N–H and O–H groups in total. The van der Waals surface area contributed by atoms with Crippen LogP contribution in [0, 0.1) is 6.92 Å². The van der Waals surface area contributed by atoms with Gasteiger partial charge in [-0.25, -0.2) is 0 Å². The number of para-hydroxylation sites is 2. The molecule has 0 spiro atoms. The van der Waals surface area contributed by atoms with Gasteiger partial charge in [0.25, 0.3) is 11.8 Å². The molecule has 5 nitrogen and oxygen atoms in total. The molecule has 108 valence electrons. The first-order chi connectivity index (χ1) is 10.1. The minimum atomic E-state index is -0.593. The second-order valence-corrected chi connectivity index (χ2v) is 4.51. The summed E-state index contributed by atoms with van der Waals surface area (Å²) in [5.74, 6) is -0.599. The van der Waals surface area contributed by atoms with E-state index in [0.717, 1.165) is 11.3 Å². The predicted octanol–water partition coefficient (Wildman–Crippen LogP) is 2.11. The molecule has 0 atom stereocenters. The molecule has 0 aliphatic carbocycles. The molecule has 2 rings (SSSR count). The second kappa shape index (κ2) is 6.56. The molecular formula is C16H16N2O3. The van der Waals surface area contributed by atoms with Gasteiger partial charge in [0.2, 0.25) is 0 Å². The summed E-state index contributed by atoms with van der Waals surface area (Å²) in [4.78, 5) is 23.1. The number of nitrogens with two attached hydrogens (primary N) is 1. The topological polar surface area (TPSA) is 81.4 Å². The Morgan fingerprint density at radius 3 is 2.48 bits per heavy atom. The minimum Gasteiger partial charge on any atom is -0.483 e. The lowest BCUT2D eigenvalue weighted by molar-refractivity contribution is -0.118. The number of anilines is 1. The van der Waals surface area contributed by atoms with Gasteiger partial charge in [0.1, 0.15) is 5.75 Å². The highest BCUT2D eigenvalue weighted by molar-refractivity contribution is 5.96. The first-order valence-corrected chi connectivity index (χ1v) is 6.45. The summed E-state index contributed by atoms with van der Waals surface area (Å²) < 4.78 is 5.36. The highest BCUT2D eigenvalue weighted by Crippen LogP contribution is 2.17. The van der Waals surface area contributed by atoms with Crippen LogP contribution in [-0.4, -0.2) is 18.4 Å². The number of amides is 2. The Labute approximate surface area is 122 Å². The number of primary amides is 1. The summed E-state index contributed by atoms with van der Waals surface area (Å²) in [7, 11) is 0. The van der Waals surface area contributed by atoms with Crippen LogP contribution in [-0.2, 0) is 4.79 Å². The average molecular weight is 284 g/mol. The lowest BCUT2D eigenvalue weighted by Gasteiger charge is -2.11. The summed E-state index contributed by atoms with van der Waals surface area (Å²) in [6.45, 7) is 1.71. The van der Waals surface area contributed by atoms with Crippen LogP contribution < -0.4 is 15.8 Å². The molecule has 0 radical (unpaired) electrons. The van der Waals surface area contributed by atoms with Gasteiger partial charge < -0.3 is 15.8 Å². The molecule has 0 heterocycles. The van der Waals surface area contributed by atoms with Crippen molar-refractivity contribution in [3.05, 3.63) is 59.7 Å². The summed E-state index contributed by atoms with van der Waals surface area (Å²) in [5, 5.41) is 2.75. The first-order valence-electron chi connectivity index (χ1n) is 6.45. The van der Waals surface area contributed by atoms with E-state index in [9.17, 15) is 9.59 Å². The molecule has 0 aliphatic rings. The Hall–Kier alpha value is -2.82. The number of carbonyl (C=O) groups is 2. The summed E-state index contributed by atoms with van der Waals surface area (Å²) in [5.41, 5.74) is 7.19. The summed E-state index contributed by atoms with van der Waals surface area (Å²) in [6, 6.07) is 14.0. The van der Waals surface area contributed by atoms with Crippen molar-refractivity contribution in [3.8, 4) is 5.75 Å². The van der Waals surface area contributed by atoms with Crippen LogP contribution in [0.4, 0.5) is 5.69 Å². The van der Waals surface area contributed by atoms with Crippen LogP contribution in [0.5, 0.6) is 5.75 Å². The van der Waals surface area contributed by atoms with Crippen molar-refractivity contribution < 1.29 is 14.3 Å². The lowest BCUT2D eigenvalue weighted by Crippen LogP contribution is -2.22.